The molecule has 2 saturated heterocycles. The Morgan fingerprint density at radius 3 is 2.52 bits per heavy atom. The van der Waals surface area contributed by atoms with E-state index in [1.54, 1.807) is 24.3 Å². The van der Waals surface area contributed by atoms with Crippen molar-refractivity contribution in [3.05, 3.63) is 115 Å². The summed E-state index contributed by atoms with van der Waals surface area (Å²) < 4.78 is 58.1. The Labute approximate surface area is 271 Å². The number of halogens is 1. The van der Waals surface area contributed by atoms with Crippen molar-refractivity contribution in [3.63, 3.8) is 0 Å². The Morgan fingerprint density at radius 2 is 1.88 bits per heavy atom. The van der Waals surface area contributed by atoms with Gasteiger partial charge in [-0.25, -0.2) is 28.9 Å². The van der Waals surface area contributed by atoms with Crippen LogP contribution in [0.4, 0.5) is 0 Å². The predicted octanol–water partition coefficient (Wildman–Crippen LogP) is 3.46. The zero-order valence-corrected chi connectivity index (χ0v) is 25.7. The summed E-state index contributed by atoms with van der Waals surface area (Å²) in [7, 11) is -4.49. The minimum absolute atomic E-state index is 0.0955. The lowest BCUT2D eigenvalue weighted by Gasteiger charge is -2.33. The zero-order chi connectivity index (χ0) is 33.9. The molecule has 6 atom stereocenters. The molecule has 1 aromatic carbocycles. The van der Waals surface area contributed by atoms with Gasteiger partial charge in [0.1, 0.15) is 12.5 Å². The molecular weight excluding hydrogens is 685 g/mol. The highest BCUT2D eigenvalue weighted by Gasteiger charge is 2.62. The summed E-state index contributed by atoms with van der Waals surface area (Å²) in [6.45, 7) is -1.12. The SMILES string of the molecule is [N-]=[N+]=N[C@]1(CO[P@@]2(=O)OCC[C@@H](c3cccc(Cl)c3)O2)O[C@@H](n2ccc(=O)[nH]c2=O)[C@H](OC(=O)c2cocn2)[C@@H]1OC(=O)c1cocn1. The van der Waals surface area contributed by atoms with Crippen LogP contribution in [0.25, 0.3) is 10.4 Å². The Balaban J connectivity index is 1.39. The number of ether oxygens (including phenoxy) is 3. The molecule has 1 N–H and O–H groups in total. The topological polar surface area (TPSA) is 262 Å². The van der Waals surface area contributed by atoms with Gasteiger partial charge in [-0.2, -0.15) is 0 Å². The summed E-state index contributed by atoms with van der Waals surface area (Å²) in [5.41, 5.74) is 5.11. The predicted molar refractivity (Wildman–Crippen MR) is 154 cm³/mol. The van der Waals surface area contributed by atoms with E-state index in [1.807, 2.05) is 4.98 Å². The van der Waals surface area contributed by atoms with E-state index in [2.05, 4.69) is 20.0 Å². The van der Waals surface area contributed by atoms with Crippen molar-refractivity contribution in [2.45, 2.75) is 36.7 Å². The third kappa shape index (κ3) is 6.80. The van der Waals surface area contributed by atoms with Gasteiger partial charge in [0.2, 0.25) is 5.72 Å². The fraction of sp³-hybridized carbons (Fsp3) is 0.308. The maximum atomic E-state index is 13.8. The number of azide groups is 1. The monoisotopic (exact) mass is 705 g/mol. The molecule has 3 aromatic heterocycles. The van der Waals surface area contributed by atoms with Crippen LogP contribution in [0.3, 0.4) is 0 Å². The van der Waals surface area contributed by atoms with E-state index in [9.17, 15) is 29.3 Å². The van der Waals surface area contributed by atoms with E-state index in [1.165, 1.54) is 0 Å². The van der Waals surface area contributed by atoms with Gasteiger partial charge in [0.15, 0.2) is 42.6 Å². The second-order valence-electron chi connectivity index (χ2n) is 9.99. The van der Waals surface area contributed by atoms with Crippen LogP contribution in [0.5, 0.6) is 0 Å². The summed E-state index contributed by atoms with van der Waals surface area (Å²) >= 11 is 6.11. The molecule has 20 nitrogen and oxygen atoms in total. The highest BCUT2D eigenvalue weighted by molar-refractivity contribution is 7.48. The van der Waals surface area contributed by atoms with E-state index in [4.69, 9.17) is 48.2 Å². The fourth-order valence-corrected chi connectivity index (χ4v) is 6.45. The molecule has 22 heteroatoms. The van der Waals surface area contributed by atoms with Crippen LogP contribution in [-0.4, -0.2) is 62.6 Å². The van der Waals surface area contributed by atoms with Gasteiger partial charge in [-0.1, -0.05) is 28.8 Å². The highest BCUT2D eigenvalue weighted by Crippen LogP contribution is 2.58. The molecule has 250 valence electrons. The molecular formula is C26H21ClN7O13P. The first-order valence-corrected chi connectivity index (χ1v) is 15.5. The minimum atomic E-state index is -4.49. The number of carbonyl (C=O) groups excluding carboxylic acids is 2. The van der Waals surface area contributed by atoms with Gasteiger partial charge in [-0.15, -0.1) is 0 Å². The van der Waals surface area contributed by atoms with Gasteiger partial charge < -0.3 is 23.0 Å². The standard InChI is InChI=1S/C26H21ClN7O13P/c27-15-3-1-2-14(8-15)18-5-7-42-48(39,47-18)43-11-26(32-33-28)21(45-24(37)17-10-41-13-30-17)20(44-23(36)16-9-40-12-29-16)22(46-26)34-6-4-19(35)31-25(34)38/h1-4,6,8-10,12-13,18,20-22H,5,7,11H2,(H,31,35,38)/t18-,20+,21-,22+,26+,48+/m0/s1. The molecule has 0 radical (unpaired) electrons. The number of nitrogens with zero attached hydrogens (tertiary/aromatic N) is 6. The number of nitrogens with one attached hydrogen (secondary N) is 1. The van der Waals surface area contributed by atoms with Crippen molar-refractivity contribution in [3.8, 4) is 0 Å². The van der Waals surface area contributed by atoms with E-state index in [0.717, 1.165) is 42.1 Å². The highest BCUT2D eigenvalue weighted by atomic mass is 35.5. The number of hydrogen-bond acceptors (Lipinski definition) is 16. The molecule has 0 aliphatic carbocycles. The van der Waals surface area contributed by atoms with Gasteiger partial charge in [0, 0.05) is 28.6 Å². The molecule has 0 unspecified atom stereocenters. The Morgan fingerprint density at radius 1 is 1.15 bits per heavy atom. The van der Waals surface area contributed by atoms with Crippen molar-refractivity contribution in [1.82, 2.24) is 19.5 Å². The molecule has 0 amide bonds. The van der Waals surface area contributed by atoms with Gasteiger partial charge in [0.25, 0.3) is 5.56 Å². The fourth-order valence-electron chi connectivity index (χ4n) is 4.84. The minimum Gasteiger partial charge on any atom is -0.451 e. The average Bonchev–Trinajstić information content (AvgIpc) is 3.84. The number of phosphoric acid groups is 1. The van der Waals surface area contributed by atoms with Crippen LogP contribution < -0.4 is 11.2 Å². The van der Waals surface area contributed by atoms with Crippen molar-refractivity contribution in [2.75, 3.05) is 13.2 Å². The van der Waals surface area contributed by atoms with Crippen LogP contribution in [0.15, 0.2) is 85.4 Å². The van der Waals surface area contributed by atoms with Gasteiger partial charge in [-0.05, 0) is 23.2 Å². The second-order valence-corrected chi connectivity index (χ2v) is 12.1. The molecule has 0 spiro atoms. The van der Waals surface area contributed by atoms with Crippen molar-refractivity contribution in [1.29, 1.82) is 0 Å². The van der Waals surface area contributed by atoms with Gasteiger partial charge in [-0.3, -0.25) is 27.9 Å². The molecule has 2 aliphatic heterocycles. The maximum absolute atomic E-state index is 13.8. The third-order valence-electron chi connectivity index (χ3n) is 6.98. The quantitative estimate of drug-likeness (QED) is 0.0814. The summed E-state index contributed by atoms with van der Waals surface area (Å²) in [4.78, 5) is 63.3. The summed E-state index contributed by atoms with van der Waals surface area (Å²) in [5.74, 6) is -2.35. The average molecular weight is 706 g/mol. The second kappa shape index (κ2) is 13.6. The first-order chi connectivity index (χ1) is 23.1. The summed E-state index contributed by atoms with van der Waals surface area (Å²) in [6.07, 6.45) is -1.43. The number of benzene rings is 1. The van der Waals surface area contributed by atoms with Crippen LogP contribution >= 0.6 is 19.4 Å². The zero-order valence-electron chi connectivity index (χ0n) is 24.0. The van der Waals surface area contributed by atoms with Gasteiger partial charge in [0.05, 0.1) is 19.3 Å². The number of hydrogen-bond donors (Lipinski definition) is 1. The van der Waals surface area contributed by atoms with E-state index in [0.29, 0.717) is 10.6 Å². The Kier molecular flexibility index (Phi) is 9.29. The first-order valence-electron chi connectivity index (χ1n) is 13.7. The van der Waals surface area contributed by atoms with Crippen LogP contribution in [0.2, 0.25) is 5.02 Å². The Bertz CT molecular complexity index is 2010. The summed E-state index contributed by atoms with van der Waals surface area (Å²) in [6, 6.07) is 7.53. The number of carbonyl (C=O) groups is 2. The number of esters is 2. The molecule has 5 heterocycles. The molecule has 2 aliphatic rings. The number of rotatable bonds is 10. The smallest absolute Gasteiger partial charge is 0.451 e. The number of aromatic nitrogens is 4. The van der Waals surface area contributed by atoms with Crippen LogP contribution in [0.1, 0.15) is 45.3 Å². The van der Waals surface area contributed by atoms with E-state index >= 15 is 0 Å². The van der Waals surface area contributed by atoms with Crippen molar-refractivity contribution in [2.24, 2.45) is 5.11 Å². The van der Waals surface area contributed by atoms with Crippen LogP contribution in [-0.2, 0) is 32.3 Å². The Hall–Kier alpha value is -5.07. The lowest BCUT2D eigenvalue weighted by atomic mass is 10.0. The molecule has 48 heavy (non-hydrogen) atoms. The number of H-pyrrole nitrogens is 1. The number of phosphoric ester groups is 1. The normalized spacial score (nSPS) is 26.8. The third-order valence-corrected chi connectivity index (χ3v) is 8.68. The summed E-state index contributed by atoms with van der Waals surface area (Å²) in [5, 5.41) is 4.06. The van der Waals surface area contributed by atoms with Crippen molar-refractivity contribution >= 4 is 31.4 Å². The lowest BCUT2D eigenvalue weighted by molar-refractivity contribution is -0.128. The van der Waals surface area contributed by atoms with Crippen LogP contribution in [0, 0.1) is 0 Å². The largest absolute Gasteiger partial charge is 0.475 e. The molecule has 2 fully saturated rings. The van der Waals surface area contributed by atoms with Gasteiger partial charge >= 0.3 is 25.5 Å². The van der Waals surface area contributed by atoms with Crippen molar-refractivity contribution < 1.29 is 50.8 Å². The first kappa shape index (κ1) is 32.9. The lowest BCUT2D eigenvalue weighted by Crippen LogP contribution is -2.49. The number of oxazole rings is 2. The molecule has 0 bridgehead atoms. The van der Waals surface area contributed by atoms with E-state index in [-0.39, 0.29) is 24.4 Å². The molecule has 0 saturated carbocycles. The maximum Gasteiger partial charge on any atom is 0.475 e. The van der Waals surface area contributed by atoms with E-state index < -0.39 is 67.9 Å². The molecule has 6 rings (SSSR count). The molecule has 4 aromatic rings. The number of aromatic amines is 1.